The van der Waals surface area contributed by atoms with Gasteiger partial charge >= 0.3 is 0 Å². The number of nitrogens with zero attached hydrogens (tertiary/aromatic N) is 1. The molecule has 1 aliphatic heterocycles. The second-order valence-corrected chi connectivity index (χ2v) is 7.35. The van der Waals surface area contributed by atoms with Gasteiger partial charge in [0, 0.05) is 6.54 Å². The molecule has 1 saturated heterocycles. The Balaban J connectivity index is 1.96. The lowest BCUT2D eigenvalue weighted by Crippen LogP contribution is -2.26. The van der Waals surface area contributed by atoms with Crippen LogP contribution in [0, 0.1) is 11.3 Å². The zero-order valence-electron chi connectivity index (χ0n) is 14.0. The van der Waals surface area contributed by atoms with Crippen LogP contribution >= 0.6 is 0 Å². The molecule has 0 saturated carbocycles. The van der Waals surface area contributed by atoms with E-state index in [1.165, 1.54) is 37.9 Å². The number of methoxy groups -OCH3 is 1. The van der Waals surface area contributed by atoms with Gasteiger partial charge in [-0.1, -0.05) is 26.8 Å². The van der Waals surface area contributed by atoms with Crippen LogP contribution in [0.1, 0.15) is 45.6 Å². The zero-order valence-corrected chi connectivity index (χ0v) is 14.0. The lowest BCUT2D eigenvalue weighted by atomic mass is 9.77. The highest BCUT2D eigenvalue weighted by atomic mass is 16.5. The van der Waals surface area contributed by atoms with E-state index in [0.29, 0.717) is 5.41 Å². The SMILES string of the molecule is COc1ccc(CN2CCCC(C(C)(C)C)CC2)cc1N. The Morgan fingerprint density at radius 1 is 1.24 bits per heavy atom. The smallest absolute Gasteiger partial charge is 0.141 e. The third-order valence-electron chi connectivity index (χ3n) is 4.75. The number of hydrogen-bond acceptors (Lipinski definition) is 3. The van der Waals surface area contributed by atoms with Crippen molar-refractivity contribution in [3.8, 4) is 5.75 Å². The Kier molecular flexibility index (Phi) is 5.15. The molecule has 1 fully saturated rings. The Morgan fingerprint density at radius 3 is 2.62 bits per heavy atom. The predicted molar refractivity (Wildman–Crippen MR) is 89.5 cm³/mol. The van der Waals surface area contributed by atoms with Gasteiger partial charge in [-0.2, -0.15) is 0 Å². The predicted octanol–water partition coefficient (Wildman–Crippen LogP) is 3.93. The molecule has 1 aliphatic rings. The number of likely N-dealkylation sites (tertiary alicyclic amines) is 1. The molecule has 3 nitrogen and oxygen atoms in total. The van der Waals surface area contributed by atoms with Gasteiger partial charge in [-0.25, -0.2) is 0 Å². The van der Waals surface area contributed by atoms with E-state index in [1.807, 2.05) is 12.1 Å². The maximum atomic E-state index is 6.00. The van der Waals surface area contributed by atoms with Gasteiger partial charge in [0.25, 0.3) is 0 Å². The highest BCUT2D eigenvalue weighted by Crippen LogP contribution is 2.34. The molecule has 0 spiro atoms. The number of hydrogen-bond donors (Lipinski definition) is 1. The molecule has 0 aromatic heterocycles. The van der Waals surface area contributed by atoms with Gasteiger partial charge in [0.05, 0.1) is 12.8 Å². The summed E-state index contributed by atoms with van der Waals surface area (Å²) in [5, 5.41) is 0. The Hall–Kier alpha value is -1.22. The summed E-state index contributed by atoms with van der Waals surface area (Å²) in [4.78, 5) is 2.56. The topological polar surface area (TPSA) is 38.5 Å². The van der Waals surface area contributed by atoms with E-state index in [1.54, 1.807) is 7.11 Å². The van der Waals surface area contributed by atoms with Crippen LogP contribution in [-0.2, 0) is 6.54 Å². The second-order valence-electron chi connectivity index (χ2n) is 7.35. The van der Waals surface area contributed by atoms with Crippen LogP contribution in [0.25, 0.3) is 0 Å². The van der Waals surface area contributed by atoms with Crippen LogP contribution in [0.3, 0.4) is 0 Å². The van der Waals surface area contributed by atoms with Crippen LogP contribution in [0.2, 0.25) is 0 Å². The van der Waals surface area contributed by atoms with Crippen molar-refractivity contribution in [1.29, 1.82) is 0 Å². The van der Waals surface area contributed by atoms with Gasteiger partial charge in [0.1, 0.15) is 5.75 Å². The van der Waals surface area contributed by atoms with E-state index in [9.17, 15) is 0 Å². The standard InChI is InChI=1S/C18H30N2O/c1-18(2,3)15-6-5-10-20(11-9-15)13-14-7-8-17(21-4)16(19)12-14/h7-8,12,15H,5-6,9-11,13,19H2,1-4H3. The summed E-state index contributed by atoms with van der Waals surface area (Å²) in [6.45, 7) is 10.5. The fraction of sp³-hybridized carbons (Fsp3) is 0.667. The first-order chi connectivity index (χ1) is 9.90. The normalized spacial score (nSPS) is 21.0. The highest BCUT2D eigenvalue weighted by molar-refractivity contribution is 5.54. The van der Waals surface area contributed by atoms with Crippen LogP contribution < -0.4 is 10.5 Å². The molecule has 0 amide bonds. The van der Waals surface area contributed by atoms with Gasteiger partial charge in [-0.05, 0) is 61.4 Å². The van der Waals surface area contributed by atoms with E-state index in [2.05, 4.69) is 31.7 Å². The summed E-state index contributed by atoms with van der Waals surface area (Å²) in [5.74, 6) is 1.60. The minimum absolute atomic E-state index is 0.431. The van der Waals surface area contributed by atoms with Crippen molar-refractivity contribution >= 4 is 5.69 Å². The second kappa shape index (κ2) is 6.69. The number of benzene rings is 1. The van der Waals surface area contributed by atoms with Crippen LogP contribution in [0.15, 0.2) is 18.2 Å². The van der Waals surface area contributed by atoms with E-state index in [0.717, 1.165) is 23.9 Å². The largest absolute Gasteiger partial charge is 0.495 e. The Bertz CT molecular complexity index is 465. The molecule has 2 rings (SSSR count). The quantitative estimate of drug-likeness (QED) is 0.857. The van der Waals surface area contributed by atoms with Gasteiger partial charge < -0.3 is 10.5 Å². The van der Waals surface area contributed by atoms with E-state index < -0.39 is 0 Å². The molecule has 118 valence electrons. The zero-order chi connectivity index (χ0) is 15.5. The van der Waals surface area contributed by atoms with Crippen molar-refractivity contribution in [2.24, 2.45) is 11.3 Å². The minimum Gasteiger partial charge on any atom is -0.495 e. The van der Waals surface area contributed by atoms with Gasteiger partial charge in [0.15, 0.2) is 0 Å². The summed E-state index contributed by atoms with van der Waals surface area (Å²) in [5.41, 5.74) is 8.45. The molecule has 0 bridgehead atoms. The summed E-state index contributed by atoms with van der Waals surface area (Å²) < 4.78 is 5.22. The van der Waals surface area contributed by atoms with E-state index in [-0.39, 0.29) is 0 Å². The maximum Gasteiger partial charge on any atom is 0.141 e. The molecule has 2 N–H and O–H groups in total. The van der Waals surface area contributed by atoms with Gasteiger partial charge in [0.2, 0.25) is 0 Å². The third-order valence-corrected chi connectivity index (χ3v) is 4.75. The molecule has 0 radical (unpaired) electrons. The molecular formula is C18H30N2O. The van der Waals surface area contributed by atoms with Crippen molar-refractivity contribution in [3.63, 3.8) is 0 Å². The highest BCUT2D eigenvalue weighted by Gasteiger charge is 2.26. The first-order valence-electron chi connectivity index (χ1n) is 8.05. The summed E-state index contributed by atoms with van der Waals surface area (Å²) >= 11 is 0. The maximum absolute atomic E-state index is 6.00. The van der Waals surface area contributed by atoms with E-state index in [4.69, 9.17) is 10.5 Å². The summed E-state index contributed by atoms with van der Waals surface area (Å²) in [6.07, 6.45) is 3.95. The molecule has 0 aliphatic carbocycles. The molecule has 1 aromatic rings. The van der Waals surface area contributed by atoms with E-state index >= 15 is 0 Å². The number of anilines is 1. The summed E-state index contributed by atoms with van der Waals surface area (Å²) in [6, 6.07) is 6.15. The number of nitrogens with two attached hydrogens (primary N) is 1. The molecule has 1 heterocycles. The van der Waals surface area contributed by atoms with Crippen molar-refractivity contribution in [3.05, 3.63) is 23.8 Å². The minimum atomic E-state index is 0.431. The molecular weight excluding hydrogens is 260 g/mol. The van der Waals surface area contributed by atoms with Crippen molar-refractivity contribution in [1.82, 2.24) is 4.90 Å². The Morgan fingerprint density at radius 2 is 2.00 bits per heavy atom. The lowest BCUT2D eigenvalue weighted by molar-refractivity contribution is 0.206. The lowest BCUT2D eigenvalue weighted by Gasteiger charge is -2.29. The number of rotatable bonds is 3. The average molecular weight is 290 g/mol. The van der Waals surface area contributed by atoms with Crippen LogP contribution in [-0.4, -0.2) is 25.1 Å². The monoisotopic (exact) mass is 290 g/mol. The van der Waals surface area contributed by atoms with Crippen LogP contribution in [0.5, 0.6) is 5.75 Å². The number of ether oxygens (including phenoxy) is 1. The molecule has 1 aromatic carbocycles. The molecule has 3 heteroatoms. The fourth-order valence-corrected chi connectivity index (χ4v) is 3.32. The average Bonchev–Trinajstić information content (AvgIpc) is 2.64. The van der Waals surface area contributed by atoms with Gasteiger partial charge in [-0.15, -0.1) is 0 Å². The van der Waals surface area contributed by atoms with Crippen molar-refractivity contribution < 1.29 is 4.74 Å². The molecule has 21 heavy (non-hydrogen) atoms. The molecule has 1 unspecified atom stereocenters. The van der Waals surface area contributed by atoms with Gasteiger partial charge in [-0.3, -0.25) is 4.90 Å². The Labute approximate surface area is 129 Å². The number of nitrogen functional groups attached to an aromatic ring is 1. The third kappa shape index (κ3) is 4.37. The van der Waals surface area contributed by atoms with Crippen LogP contribution in [0.4, 0.5) is 5.69 Å². The molecule has 1 atom stereocenters. The van der Waals surface area contributed by atoms with Crippen molar-refractivity contribution in [2.45, 2.75) is 46.6 Å². The first kappa shape index (κ1) is 16.2. The fourth-order valence-electron chi connectivity index (χ4n) is 3.32. The van der Waals surface area contributed by atoms with Crippen molar-refractivity contribution in [2.75, 3.05) is 25.9 Å². The first-order valence-corrected chi connectivity index (χ1v) is 8.05. The summed E-state index contributed by atoms with van der Waals surface area (Å²) in [7, 11) is 1.66.